The molecule has 3 aromatic carbocycles. The second-order valence-corrected chi connectivity index (χ2v) is 11.2. The number of aromatic nitrogens is 3. The highest BCUT2D eigenvalue weighted by atomic mass is 32.2. The third-order valence-corrected chi connectivity index (χ3v) is 8.55. The molecule has 1 heterocycles. The van der Waals surface area contributed by atoms with Crippen molar-refractivity contribution in [2.24, 2.45) is 0 Å². The van der Waals surface area contributed by atoms with Crippen LogP contribution in [0.1, 0.15) is 55.6 Å². The molecule has 1 saturated carbocycles. The molecule has 2 N–H and O–H groups in total. The number of phenols is 1. The highest BCUT2D eigenvalue weighted by molar-refractivity contribution is 7.91. The number of aromatic hydroxyl groups is 1. The van der Waals surface area contributed by atoms with Gasteiger partial charge in [0.25, 0.3) is 0 Å². The largest absolute Gasteiger partial charge is 0.505 e. The van der Waals surface area contributed by atoms with Crippen molar-refractivity contribution in [1.82, 2.24) is 15.0 Å². The summed E-state index contributed by atoms with van der Waals surface area (Å²) in [6, 6.07) is 16.4. The number of aliphatic carboxylic acids is 1. The first-order valence-electron chi connectivity index (χ1n) is 12.1. The van der Waals surface area contributed by atoms with Crippen molar-refractivity contribution in [2.75, 3.05) is 0 Å². The second-order valence-electron chi connectivity index (χ2n) is 9.24. The number of aryl methyl sites for hydroxylation is 1. The molecular formula is C27H27N3O5S. The molecule has 186 valence electrons. The fraction of sp³-hybridized carbons (Fsp3) is 0.296. The number of carboxylic acids is 1. The minimum Gasteiger partial charge on any atom is -0.505 e. The monoisotopic (exact) mass is 505 g/mol. The van der Waals surface area contributed by atoms with Gasteiger partial charge in [-0.05, 0) is 72.7 Å². The smallest absolute Gasteiger partial charge is 0.303 e. The van der Waals surface area contributed by atoms with Crippen molar-refractivity contribution in [3.05, 3.63) is 71.8 Å². The molecule has 5 rings (SSSR count). The summed E-state index contributed by atoms with van der Waals surface area (Å²) in [5.41, 5.74) is 2.81. The first-order chi connectivity index (χ1) is 17.3. The molecule has 9 heteroatoms. The Morgan fingerprint density at radius 3 is 2.36 bits per heavy atom. The van der Waals surface area contributed by atoms with Crippen LogP contribution in [0.5, 0.6) is 5.75 Å². The van der Waals surface area contributed by atoms with E-state index in [1.54, 1.807) is 42.5 Å². The summed E-state index contributed by atoms with van der Waals surface area (Å²) >= 11 is 0. The number of sulfone groups is 1. The molecule has 1 aromatic heterocycles. The molecular weight excluding hydrogens is 478 g/mol. The number of hydrogen-bond donors (Lipinski definition) is 2. The topological polar surface area (TPSA) is 122 Å². The molecule has 0 aliphatic heterocycles. The zero-order valence-corrected chi connectivity index (χ0v) is 20.5. The first kappa shape index (κ1) is 24.0. The van der Waals surface area contributed by atoms with Gasteiger partial charge in [0, 0.05) is 6.42 Å². The number of phenolic OH excluding ortho intramolecular Hbond substituents is 1. The molecule has 0 unspecified atom stereocenters. The summed E-state index contributed by atoms with van der Waals surface area (Å²) in [6.07, 6.45) is 5.56. The Bertz CT molecular complexity index is 1520. The van der Waals surface area contributed by atoms with E-state index in [1.165, 1.54) is 23.4 Å². The lowest BCUT2D eigenvalue weighted by molar-refractivity contribution is -0.136. The van der Waals surface area contributed by atoms with Crippen LogP contribution in [0, 0.1) is 0 Å². The Hall–Kier alpha value is -3.72. The molecule has 0 atom stereocenters. The number of hydrogen-bond acceptors (Lipinski definition) is 6. The van der Waals surface area contributed by atoms with E-state index in [0.29, 0.717) is 23.1 Å². The lowest BCUT2D eigenvalue weighted by Crippen LogP contribution is -2.09. The summed E-state index contributed by atoms with van der Waals surface area (Å²) in [5.74, 6) is -0.618. The zero-order chi connectivity index (χ0) is 25.3. The van der Waals surface area contributed by atoms with Crippen LogP contribution in [0.3, 0.4) is 0 Å². The van der Waals surface area contributed by atoms with Crippen LogP contribution in [0.25, 0.3) is 16.7 Å². The molecule has 0 radical (unpaired) electrons. The second kappa shape index (κ2) is 9.73. The van der Waals surface area contributed by atoms with Crippen molar-refractivity contribution < 1.29 is 23.4 Å². The highest BCUT2D eigenvalue weighted by Crippen LogP contribution is 2.40. The van der Waals surface area contributed by atoms with E-state index < -0.39 is 15.8 Å². The molecule has 8 nitrogen and oxygen atoms in total. The van der Waals surface area contributed by atoms with E-state index in [2.05, 4.69) is 10.2 Å². The Labute approximate surface area is 209 Å². The summed E-state index contributed by atoms with van der Waals surface area (Å²) in [5, 5.41) is 29.4. The van der Waals surface area contributed by atoms with Crippen LogP contribution in [0.4, 0.5) is 0 Å². The van der Waals surface area contributed by atoms with E-state index in [9.17, 15) is 23.4 Å². The number of carbonyl (C=O) groups is 1. The fourth-order valence-electron chi connectivity index (χ4n) is 4.88. The van der Waals surface area contributed by atoms with E-state index in [-0.39, 0.29) is 27.9 Å². The molecule has 1 aliphatic rings. The minimum atomic E-state index is -3.72. The number of fused-ring (bicyclic) bond motifs is 1. The average Bonchev–Trinajstić information content (AvgIpc) is 3.32. The van der Waals surface area contributed by atoms with E-state index in [1.807, 2.05) is 6.07 Å². The molecule has 1 aliphatic carbocycles. The number of benzene rings is 3. The Balaban J connectivity index is 1.58. The summed E-state index contributed by atoms with van der Waals surface area (Å²) in [7, 11) is -3.72. The maximum absolute atomic E-state index is 13.1. The van der Waals surface area contributed by atoms with Crippen LogP contribution in [-0.4, -0.2) is 39.6 Å². The van der Waals surface area contributed by atoms with Gasteiger partial charge in [0.2, 0.25) is 9.84 Å². The van der Waals surface area contributed by atoms with E-state index >= 15 is 0 Å². The summed E-state index contributed by atoms with van der Waals surface area (Å²) in [4.78, 5) is 12.8. The SMILES string of the molecule is O=C(O)CCc1cc(C2CCCCC2)c(O)c(-n2nc3ccc(S(=O)(=O)c4ccccc4)cc3n2)c1. The van der Waals surface area contributed by atoms with Crippen LogP contribution in [0.2, 0.25) is 0 Å². The average molecular weight is 506 g/mol. The van der Waals surface area contributed by atoms with Crippen molar-refractivity contribution in [1.29, 1.82) is 0 Å². The van der Waals surface area contributed by atoms with Crippen LogP contribution in [-0.2, 0) is 21.1 Å². The molecule has 36 heavy (non-hydrogen) atoms. The first-order valence-corrected chi connectivity index (χ1v) is 13.6. The van der Waals surface area contributed by atoms with Gasteiger partial charge in [0.05, 0.1) is 9.79 Å². The molecule has 0 saturated heterocycles. The van der Waals surface area contributed by atoms with Gasteiger partial charge >= 0.3 is 5.97 Å². The normalized spacial score (nSPS) is 14.8. The van der Waals surface area contributed by atoms with Crippen molar-refractivity contribution in [2.45, 2.75) is 60.7 Å². The Morgan fingerprint density at radius 1 is 0.917 bits per heavy atom. The predicted molar refractivity (Wildman–Crippen MR) is 134 cm³/mol. The molecule has 0 amide bonds. The minimum absolute atomic E-state index is 0.0243. The van der Waals surface area contributed by atoms with Crippen molar-refractivity contribution in [3.8, 4) is 11.4 Å². The highest BCUT2D eigenvalue weighted by Gasteiger charge is 2.24. The van der Waals surface area contributed by atoms with Gasteiger partial charge in [-0.3, -0.25) is 4.79 Å². The van der Waals surface area contributed by atoms with Gasteiger partial charge in [-0.15, -0.1) is 15.0 Å². The van der Waals surface area contributed by atoms with E-state index in [0.717, 1.165) is 36.8 Å². The van der Waals surface area contributed by atoms with Gasteiger partial charge in [0.15, 0.2) is 0 Å². The third kappa shape index (κ3) is 4.70. The number of nitrogens with zero attached hydrogens (tertiary/aromatic N) is 3. The van der Waals surface area contributed by atoms with Crippen LogP contribution >= 0.6 is 0 Å². The quantitative estimate of drug-likeness (QED) is 0.361. The summed E-state index contributed by atoms with van der Waals surface area (Å²) in [6.45, 7) is 0. The van der Waals surface area contributed by atoms with Gasteiger partial charge < -0.3 is 10.2 Å². The number of carboxylic acid groups (broad SMARTS) is 1. The van der Waals surface area contributed by atoms with Crippen LogP contribution < -0.4 is 0 Å². The third-order valence-electron chi connectivity index (χ3n) is 6.78. The Morgan fingerprint density at radius 2 is 1.64 bits per heavy atom. The van der Waals surface area contributed by atoms with Gasteiger partial charge in [-0.2, -0.15) is 0 Å². The molecule has 4 aromatic rings. The van der Waals surface area contributed by atoms with Gasteiger partial charge in [-0.25, -0.2) is 8.42 Å². The lowest BCUT2D eigenvalue weighted by Gasteiger charge is -2.24. The van der Waals surface area contributed by atoms with Crippen LogP contribution in [0.15, 0.2) is 70.5 Å². The lowest BCUT2D eigenvalue weighted by atomic mass is 9.82. The molecule has 0 spiro atoms. The van der Waals surface area contributed by atoms with Gasteiger partial charge in [0.1, 0.15) is 22.5 Å². The maximum atomic E-state index is 13.1. The molecule has 0 bridgehead atoms. The molecule has 1 fully saturated rings. The summed E-state index contributed by atoms with van der Waals surface area (Å²) < 4.78 is 26.1. The standard InChI is InChI=1S/C27H27N3O5S/c31-26(32)14-11-18-15-22(19-7-3-1-4-8-19)27(33)25(16-18)30-28-23-13-12-21(17-24(23)29-30)36(34,35)20-9-5-2-6-10-20/h2,5-6,9-10,12-13,15-17,19,33H,1,3-4,7-8,11,14H2,(H,31,32). The zero-order valence-electron chi connectivity index (χ0n) is 19.7. The number of rotatable bonds is 7. The predicted octanol–water partition coefficient (Wildman–Crippen LogP) is 5.02. The maximum Gasteiger partial charge on any atom is 0.303 e. The van der Waals surface area contributed by atoms with E-state index in [4.69, 9.17) is 0 Å². The van der Waals surface area contributed by atoms with Gasteiger partial charge in [-0.1, -0.05) is 43.5 Å². The van der Waals surface area contributed by atoms with Crippen molar-refractivity contribution in [3.63, 3.8) is 0 Å². The van der Waals surface area contributed by atoms with Crippen molar-refractivity contribution >= 4 is 26.8 Å². The fourth-order valence-corrected chi connectivity index (χ4v) is 6.18. The Kier molecular flexibility index (Phi) is 6.49.